The molecule has 0 bridgehead atoms. The molecule has 5 aromatic rings. The fourth-order valence-electron chi connectivity index (χ4n) is 3.84. The summed E-state index contributed by atoms with van der Waals surface area (Å²) in [5.41, 5.74) is 2.00. The molecule has 0 atom stereocenters. The summed E-state index contributed by atoms with van der Waals surface area (Å²) in [5, 5.41) is 5.15. The van der Waals surface area contributed by atoms with Crippen molar-refractivity contribution in [1.82, 2.24) is 4.98 Å². The number of nitrogens with zero attached hydrogens (tertiary/aromatic N) is 2. The van der Waals surface area contributed by atoms with Gasteiger partial charge >= 0.3 is 0 Å². The van der Waals surface area contributed by atoms with Crippen LogP contribution in [0.1, 0.15) is 10.4 Å². The topological polar surface area (TPSA) is 33.2 Å². The van der Waals surface area contributed by atoms with Crippen LogP contribution in [0.4, 0.5) is 5.13 Å². The number of thiazole rings is 1. The average Bonchev–Trinajstić information content (AvgIpc) is 3.49. The van der Waals surface area contributed by atoms with Crippen LogP contribution in [0.3, 0.4) is 0 Å². The number of aromatic nitrogens is 1. The summed E-state index contributed by atoms with van der Waals surface area (Å²) in [4.78, 5) is 22.8. The highest BCUT2D eigenvalue weighted by Gasteiger charge is 2.21. The standard InChI is InChI=1S/C26H22N2OS3/c1-30-21-11-12-23-24(17-21)32-26(27-23)28(14-13-20-9-5-15-31-20)25(29)16-19-8-4-7-18-6-2-3-10-22(18)19/h2-12,15,17H,13-14,16H2,1H3. The Morgan fingerprint density at radius 3 is 2.75 bits per heavy atom. The van der Waals surface area contributed by atoms with Gasteiger partial charge in [0.05, 0.1) is 16.6 Å². The highest BCUT2D eigenvalue weighted by molar-refractivity contribution is 7.98. The third-order valence-corrected chi connectivity index (χ3v) is 8.20. The summed E-state index contributed by atoms with van der Waals surface area (Å²) in [7, 11) is 0. The molecule has 2 heterocycles. The Morgan fingerprint density at radius 2 is 1.91 bits per heavy atom. The maximum Gasteiger partial charge on any atom is 0.233 e. The van der Waals surface area contributed by atoms with Crippen LogP contribution < -0.4 is 4.90 Å². The second kappa shape index (κ2) is 9.45. The molecule has 0 spiro atoms. The largest absolute Gasteiger partial charge is 0.287 e. The number of thiophene rings is 1. The lowest BCUT2D eigenvalue weighted by molar-refractivity contribution is -0.118. The van der Waals surface area contributed by atoms with Crippen LogP contribution in [0.15, 0.2) is 83.1 Å². The first kappa shape index (κ1) is 21.2. The van der Waals surface area contributed by atoms with Crippen LogP contribution in [0.25, 0.3) is 21.0 Å². The molecule has 3 aromatic carbocycles. The van der Waals surface area contributed by atoms with Crippen LogP contribution in [-0.4, -0.2) is 23.7 Å². The Labute approximate surface area is 199 Å². The summed E-state index contributed by atoms with van der Waals surface area (Å²) in [5.74, 6) is 0.0852. The van der Waals surface area contributed by atoms with E-state index in [0.717, 1.165) is 38.1 Å². The minimum atomic E-state index is 0.0852. The molecule has 0 radical (unpaired) electrons. The number of hydrogen-bond donors (Lipinski definition) is 0. The Balaban J connectivity index is 1.48. The van der Waals surface area contributed by atoms with E-state index in [9.17, 15) is 4.79 Å². The Morgan fingerprint density at radius 1 is 1.03 bits per heavy atom. The lowest BCUT2D eigenvalue weighted by Crippen LogP contribution is -2.34. The first-order chi connectivity index (χ1) is 15.7. The van der Waals surface area contributed by atoms with Gasteiger partial charge in [-0.2, -0.15) is 0 Å². The van der Waals surface area contributed by atoms with Crippen molar-refractivity contribution in [2.24, 2.45) is 0 Å². The molecule has 0 fully saturated rings. The van der Waals surface area contributed by atoms with Crippen LogP contribution in [-0.2, 0) is 17.6 Å². The van der Waals surface area contributed by atoms with Gasteiger partial charge in [-0.25, -0.2) is 4.98 Å². The fraction of sp³-hybridized carbons (Fsp3) is 0.154. The minimum absolute atomic E-state index is 0.0852. The molecule has 0 unspecified atom stereocenters. The molecule has 160 valence electrons. The molecule has 1 amide bonds. The molecule has 6 heteroatoms. The minimum Gasteiger partial charge on any atom is -0.287 e. The van der Waals surface area contributed by atoms with Gasteiger partial charge in [0.25, 0.3) is 0 Å². The number of hydrogen-bond acceptors (Lipinski definition) is 5. The number of carbonyl (C=O) groups excluding carboxylic acids is 1. The summed E-state index contributed by atoms with van der Waals surface area (Å²) in [6.45, 7) is 0.624. The second-order valence-electron chi connectivity index (χ2n) is 7.52. The number of fused-ring (bicyclic) bond motifs is 2. The molecule has 3 nitrogen and oxygen atoms in total. The normalized spacial score (nSPS) is 11.3. The zero-order chi connectivity index (χ0) is 21.9. The molecule has 0 saturated heterocycles. The van der Waals surface area contributed by atoms with Crippen molar-refractivity contribution in [2.75, 3.05) is 17.7 Å². The predicted octanol–water partition coefficient (Wildman–Crippen LogP) is 7.05. The lowest BCUT2D eigenvalue weighted by Gasteiger charge is -2.20. The first-order valence-corrected chi connectivity index (χ1v) is 13.4. The molecule has 0 saturated carbocycles. The Kier molecular flexibility index (Phi) is 6.26. The van der Waals surface area contributed by atoms with E-state index in [2.05, 4.69) is 60.2 Å². The monoisotopic (exact) mass is 474 g/mol. The van der Waals surface area contributed by atoms with E-state index in [1.165, 1.54) is 9.77 Å². The molecule has 0 aliphatic carbocycles. The third kappa shape index (κ3) is 4.44. The smallest absolute Gasteiger partial charge is 0.233 e. The molecule has 5 rings (SSSR count). The highest BCUT2D eigenvalue weighted by atomic mass is 32.2. The van der Waals surface area contributed by atoms with E-state index >= 15 is 0 Å². The number of rotatable bonds is 7. The van der Waals surface area contributed by atoms with E-state index < -0.39 is 0 Å². The Bertz CT molecular complexity index is 1370. The maximum absolute atomic E-state index is 13.6. The van der Waals surface area contributed by atoms with Gasteiger partial charge in [-0.05, 0) is 58.7 Å². The van der Waals surface area contributed by atoms with Gasteiger partial charge in [-0.3, -0.25) is 9.69 Å². The van der Waals surface area contributed by atoms with Gasteiger partial charge < -0.3 is 0 Å². The van der Waals surface area contributed by atoms with Crippen molar-refractivity contribution in [3.8, 4) is 0 Å². The quantitative estimate of drug-likeness (QED) is 0.237. The molecule has 0 aliphatic heterocycles. The number of benzene rings is 3. The van der Waals surface area contributed by atoms with Crippen molar-refractivity contribution in [3.63, 3.8) is 0 Å². The summed E-state index contributed by atoms with van der Waals surface area (Å²) in [6.07, 6.45) is 3.26. The summed E-state index contributed by atoms with van der Waals surface area (Å²) in [6, 6.07) is 24.9. The number of carbonyl (C=O) groups is 1. The Hall–Kier alpha value is -2.67. The highest BCUT2D eigenvalue weighted by Crippen LogP contribution is 2.32. The van der Waals surface area contributed by atoms with Crippen molar-refractivity contribution in [3.05, 3.63) is 88.6 Å². The van der Waals surface area contributed by atoms with Crippen LogP contribution in [0.2, 0.25) is 0 Å². The SMILES string of the molecule is CSc1ccc2nc(N(CCc3cccs3)C(=O)Cc3cccc4ccccc34)sc2c1. The van der Waals surface area contributed by atoms with Gasteiger partial charge in [-0.1, -0.05) is 59.9 Å². The zero-order valence-electron chi connectivity index (χ0n) is 17.7. The molecular formula is C26H22N2OS3. The third-order valence-electron chi connectivity index (χ3n) is 5.50. The second-order valence-corrected chi connectivity index (χ2v) is 10.4. The van der Waals surface area contributed by atoms with Gasteiger partial charge in [0, 0.05) is 16.3 Å². The van der Waals surface area contributed by atoms with Gasteiger partial charge in [0.2, 0.25) is 5.91 Å². The molecule has 0 N–H and O–H groups in total. The van der Waals surface area contributed by atoms with Crippen molar-refractivity contribution in [1.29, 1.82) is 0 Å². The van der Waals surface area contributed by atoms with Crippen LogP contribution in [0, 0.1) is 0 Å². The fourth-order valence-corrected chi connectivity index (χ4v) is 6.10. The van der Waals surface area contributed by atoms with Crippen LogP contribution >= 0.6 is 34.4 Å². The van der Waals surface area contributed by atoms with Gasteiger partial charge in [0.1, 0.15) is 0 Å². The first-order valence-electron chi connectivity index (χ1n) is 10.5. The van der Waals surface area contributed by atoms with E-state index in [1.807, 2.05) is 29.2 Å². The van der Waals surface area contributed by atoms with E-state index in [1.54, 1.807) is 34.4 Å². The lowest BCUT2D eigenvalue weighted by atomic mass is 10.0. The van der Waals surface area contributed by atoms with Crippen LogP contribution in [0.5, 0.6) is 0 Å². The van der Waals surface area contributed by atoms with Crippen molar-refractivity contribution >= 4 is 66.5 Å². The van der Waals surface area contributed by atoms with Crippen molar-refractivity contribution in [2.45, 2.75) is 17.7 Å². The zero-order valence-corrected chi connectivity index (χ0v) is 20.1. The van der Waals surface area contributed by atoms with E-state index in [-0.39, 0.29) is 5.91 Å². The summed E-state index contributed by atoms with van der Waals surface area (Å²) < 4.78 is 1.12. The molecule has 32 heavy (non-hydrogen) atoms. The van der Waals surface area contributed by atoms with Gasteiger partial charge in [0.15, 0.2) is 5.13 Å². The van der Waals surface area contributed by atoms with E-state index in [0.29, 0.717) is 13.0 Å². The molecule has 2 aromatic heterocycles. The predicted molar refractivity (Wildman–Crippen MR) is 139 cm³/mol. The number of anilines is 1. The summed E-state index contributed by atoms with van der Waals surface area (Å²) >= 11 is 5.05. The van der Waals surface area contributed by atoms with Gasteiger partial charge in [-0.15, -0.1) is 23.1 Å². The average molecular weight is 475 g/mol. The maximum atomic E-state index is 13.6. The molecular weight excluding hydrogens is 453 g/mol. The number of thioether (sulfide) groups is 1. The molecule has 0 aliphatic rings. The van der Waals surface area contributed by atoms with Crippen molar-refractivity contribution < 1.29 is 4.79 Å². The van der Waals surface area contributed by atoms with E-state index in [4.69, 9.17) is 4.98 Å². The number of amides is 1.